The van der Waals surface area contributed by atoms with Crippen molar-refractivity contribution >= 4 is 17.2 Å². The summed E-state index contributed by atoms with van der Waals surface area (Å²) < 4.78 is 6.98. The minimum atomic E-state index is -0.661. The first-order valence-electron chi connectivity index (χ1n) is 9.24. The molecular formula is C20H23N5O3. The number of nitrogen functional groups attached to an aromatic ring is 1. The van der Waals surface area contributed by atoms with Crippen LogP contribution in [-0.4, -0.2) is 38.8 Å². The Morgan fingerprint density at radius 2 is 2.00 bits per heavy atom. The van der Waals surface area contributed by atoms with Gasteiger partial charge in [-0.05, 0) is 49.4 Å². The van der Waals surface area contributed by atoms with Gasteiger partial charge in [-0.1, -0.05) is 6.07 Å². The van der Waals surface area contributed by atoms with Crippen molar-refractivity contribution in [1.29, 1.82) is 0 Å². The Kier molecular flexibility index (Phi) is 4.43. The van der Waals surface area contributed by atoms with Gasteiger partial charge in [-0.25, -0.2) is 9.50 Å². The van der Waals surface area contributed by atoms with E-state index in [0.717, 1.165) is 24.0 Å². The van der Waals surface area contributed by atoms with E-state index in [0.29, 0.717) is 35.8 Å². The number of fused-ring (bicyclic) bond motifs is 1. The summed E-state index contributed by atoms with van der Waals surface area (Å²) in [6.07, 6.45) is 3.41. The van der Waals surface area contributed by atoms with E-state index in [1.165, 1.54) is 0 Å². The average Bonchev–Trinajstić information content (AvgIpc) is 3.09. The minimum absolute atomic E-state index is 0.144. The fourth-order valence-corrected chi connectivity index (χ4v) is 3.87. The molecule has 1 aliphatic rings. The largest absolute Gasteiger partial charge is 0.508 e. The molecule has 0 spiro atoms. The molecule has 3 aromatic rings. The molecule has 3 heterocycles. The molecule has 1 aromatic carbocycles. The van der Waals surface area contributed by atoms with Crippen LogP contribution in [-0.2, 0) is 4.74 Å². The Balaban J connectivity index is 1.97. The van der Waals surface area contributed by atoms with Crippen LogP contribution in [0.2, 0.25) is 0 Å². The Hall–Kier alpha value is -3.13. The summed E-state index contributed by atoms with van der Waals surface area (Å²) in [4.78, 5) is 16.8. The number of rotatable bonds is 3. The number of phenolic OH excluding ortho intramolecular Hbond substituents is 1. The van der Waals surface area contributed by atoms with Crippen LogP contribution >= 0.6 is 0 Å². The van der Waals surface area contributed by atoms with Gasteiger partial charge in [0.15, 0.2) is 11.5 Å². The molecular weight excluding hydrogens is 358 g/mol. The standard InChI is InChI=1S/C20H23N5O3/c1-10-3-4-14(26)11(2)15(10)13-9-25-20(16(17(13)21)18(22)27)23-19(24-25)12-5-7-28-8-6-12/h3-4,9,12,26H,5-8,21H2,1-2H3,(H2,22,27). The number of ether oxygens (including phenoxy) is 1. The summed E-state index contributed by atoms with van der Waals surface area (Å²) in [5.74, 6) is 0.322. The van der Waals surface area contributed by atoms with Gasteiger partial charge in [-0.2, -0.15) is 5.10 Å². The highest BCUT2D eigenvalue weighted by molar-refractivity contribution is 6.07. The lowest BCUT2D eigenvalue weighted by atomic mass is 9.93. The van der Waals surface area contributed by atoms with E-state index in [4.69, 9.17) is 16.2 Å². The number of aromatic nitrogens is 3. The van der Waals surface area contributed by atoms with E-state index in [9.17, 15) is 9.90 Å². The van der Waals surface area contributed by atoms with Crippen LogP contribution in [0, 0.1) is 13.8 Å². The molecule has 5 N–H and O–H groups in total. The van der Waals surface area contributed by atoms with Crippen LogP contribution in [0.3, 0.4) is 0 Å². The molecule has 0 radical (unpaired) electrons. The van der Waals surface area contributed by atoms with Crippen molar-refractivity contribution in [2.24, 2.45) is 5.73 Å². The molecule has 28 heavy (non-hydrogen) atoms. The third kappa shape index (κ3) is 2.86. The average molecular weight is 381 g/mol. The lowest BCUT2D eigenvalue weighted by molar-refractivity contribution is 0.0836. The van der Waals surface area contributed by atoms with Crippen molar-refractivity contribution < 1.29 is 14.6 Å². The lowest BCUT2D eigenvalue weighted by Crippen LogP contribution is -2.17. The second kappa shape index (κ2) is 6.79. The number of nitrogens with zero attached hydrogens (tertiary/aromatic N) is 3. The molecule has 1 aliphatic heterocycles. The van der Waals surface area contributed by atoms with Crippen molar-refractivity contribution in [1.82, 2.24) is 14.6 Å². The Bertz CT molecular complexity index is 1080. The number of phenols is 1. The number of nitrogens with two attached hydrogens (primary N) is 2. The van der Waals surface area contributed by atoms with E-state index in [2.05, 4.69) is 10.1 Å². The summed E-state index contributed by atoms with van der Waals surface area (Å²) in [6, 6.07) is 3.44. The van der Waals surface area contributed by atoms with Crippen molar-refractivity contribution in [3.05, 3.63) is 40.8 Å². The van der Waals surface area contributed by atoms with Crippen LogP contribution in [0.15, 0.2) is 18.3 Å². The fraction of sp³-hybridized carbons (Fsp3) is 0.350. The fourth-order valence-electron chi connectivity index (χ4n) is 3.87. The van der Waals surface area contributed by atoms with Crippen LogP contribution in [0.5, 0.6) is 5.75 Å². The zero-order valence-corrected chi connectivity index (χ0v) is 15.9. The van der Waals surface area contributed by atoms with Gasteiger partial charge in [0.25, 0.3) is 5.91 Å². The number of amides is 1. The predicted octanol–water partition coefficient (Wildman–Crippen LogP) is 2.29. The summed E-state index contributed by atoms with van der Waals surface area (Å²) >= 11 is 0. The predicted molar refractivity (Wildman–Crippen MR) is 105 cm³/mol. The van der Waals surface area contributed by atoms with Gasteiger partial charge in [0.1, 0.15) is 11.3 Å². The number of pyridine rings is 1. The number of carbonyl (C=O) groups excluding carboxylic acids is 1. The summed E-state index contributed by atoms with van der Waals surface area (Å²) in [6.45, 7) is 5.06. The summed E-state index contributed by atoms with van der Waals surface area (Å²) in [5, 5.41) is 14.8. The molecule has 0 aliphatic carbocycles. The number of hydrogen-bond acceptors (Lipinski definition) is 6. The number of aromatic hydroxyl groups is 1. The lowest BCUT2D eigenvalue weighted by Gasteiger charge is -2.18. The minimum Gasteiger partial charge on any atom is -0.508 e. The zero-order valence-electron chi connectivity index (χ0n) is 15.9. The first kappa shape index (κ1) is 18.2. The van der Waals surface area contributed by atoms with Gasteiger partial charge >= 0.3 is 0 Å². The third-order valence-corrected chi connectivity index (χ3v) is 5.43. The number of carbonyl (C=O) groups is 1. The smallest absolute Gasteiger partial charge is 0.254 e. The van der Waals surface area contributed by atoms with Crippen molar-refractivity contribution in [3.8, 4) is 16.9 Å². The van der Waals surface area contributed by atoms with E-state index < -0.39 is 5.91 Å². The summed E-state index contributed by atoms with van der Waals surface area (Å²) in [7, 11) is 0. The van der Waals surface area contributed by atoms with Gasteiger partial charge in [0.05, 0.1) is 5.69 Å². The van der Waals surface area contributed by atoms with Gasteiger partial charge in [-0.3, -0.25) is 4.79 Å². The van der Waals surface area contributed by atoms with Crippen LogP contribution in [0.4, 0.5) is 5.69 Å². The van der Waals surface area contributed by atoms with Gasteiger partial charge in [-0.15, -0.1) is 0 Å². The van der Waals surface area contributed by atoms with Gasteiger partial charge in [0.2, 0.25) is 0 Å². The first-order valence-corrected chi connectivity index (χ1v) is 9.24. The topological polar surface area (TPSA) is 129 Å². The highest BCUT2D eigenvalue weighted by Crippen LogP contribution is 2.38. The Morgan fingerprint density at radius 1 is 1.29 bits per heavy atom. The maximum atomic E-state index is 12.2. The molecule has 1 fully saturated rings. The molecule has 146 valence electrons. The molecule has 2 aromatic heterocycles. The zero-order chi connectivity index (χ0) is 20.0. The molecule has 0 unspecified atom stereocenters. The van der Waals surface area contributed by atoms with Gasteiger partial charge in [0, 0.05) is 30.9 Å². The van der Waals surface area contributed by atoms with Crippen molar-refractivity contribution in [3.63, 3.8) is 0 Å². The quantitative estimate of drug-likeness (QED) is 0.638. The van der Waals surface area contributed by atoms with Crippen LogP contribution < -0.4 is 11.5 Å². The molecule has 8 heteroatoms. The van der Waals surface area contributed by atoms with Gasteiger partial charge < -0.3 is 21.3 Å². The number of anilines is 1. The maximum Gasteiger partial charge on any atom is 0.254 e. The normalized spacial score (nSPS) is 15.2. The van der Waals surface area contributed by atoms with Crippen LogP contribution in [0.1, 0.15) is 46.1 Å². The van der Waals surface area contributed by atoms with E-state index >= 15 is 0 Å². The second-order valence-electron chi connectivity index (χ2n) is 7.22. The van der Waals surface area contributed by atoms with Crippen LogP contribution in [0.25, 0.3) is 16.8 Å². The number of benzene rings is 1. The first-order chi connectivity index (χ1) is 13.4. The number of aryl methyl sites for hydroxylation is 1. The second-order valence-corrected chi connectivity index (χ2v) is 7.22. The maximum absolute atomic E-state index is 12.2. The molecule has 8 nitrogen and oxygen atoms in total. The van der Waals surface area contributed by atoms with Crippen molar-refractivity contribution in [2.75, 3.05) is 18.9 Å². The number of primary amides is 1. The van der Waals surface area contributed by atoms with E-state index in [1.807, 2.05) is 6.92 Å². The van der Waals surface area contributed by atoms with E-state index in [1.54, 1.807) is 29.8 Å². The number of hydrogen-bond donors (Lipinski definition) is 3. The summed E-state index contributed by atoms with van der Waals surface area (Å²) in [5.41, 5.74) is 15.7. The molecule has 0 bridgehead atoms. The molecule has 0 atom stereocenters. The van der Waals surface area contributed by atoms with Crippen molar-refractivity contribution in [2.45, 2.75) is 32.6 Å². The monoisotopic (exact) mass is 381 g/mol. The SMILES string of the molecule is Cc1ccc(O)c(C)c1-c1cn2nc(C3CCOCC3)nc2c(C(N)=O)c1N. The molecule has 4 rings (SSSR count). The molecule has 0 saturated carbocycles. The highest BCUT2D eigenvalue weighted by atomic mass is 16.5. The highest BCUT2D eigenvalue weighted by Gasteiger charge is 2.25. The molecule has 1 saturated heterocycles. The third-order valence-electron chi connectivity index (χ3n) is 5.43. The van der Waals surface area contributed by atoms with E-state index in [-0.39, 0.29) is 22.9 Å². The Labute approximate surface area is 162 Å². The molecule has 1 amide bonds. The Morgan fingerprint density at radius 3 is 2.68 bits per heavy atom.